The number of methoxy groups -OCH3 is 1. The van der Waals surface area contributed by atoms with Gasteiger partial charge in [0.2, 0.25) is 0 Å². The molecule has 1 aromatic heterocycles. The monoisotopic (exact) mass is 265 g/mol. The Balaban J connectivity index is 2.58. The topological polar surface area (TPSA) is 47.0 Å². The van der Waals surface area contributed by atoms with Crippen LogP contribution in [0, 0.1) is 13.8 Å². The minimum atomic E-state index is 0.768. The van der Waals surface area contributed by atoms with Crippen LogP contribution in [0.25, 0.3) is 0 Å². The molecule has 0 spiro atoms. The van der Waals surface area contributed by atoms with E-state index in [0.29, 0.717) is 0 Å². The molecule has 0 aromatic carbocycles. The zero-order valence-electron chi connectivity index (χ0n) is 12.8. The Labute approximate surface area is 117 Å². The van der Waals surface area contributed by atoms with Crippen molar-refractivity contribution in [1.82, 2.24) is 15.3 Å². The van der Waals surface area contributed by atoms with Crippen LogP contribution in [0.1, 0.15) is 42.5 Å². The summed E-state index contributed by atoms with van der Waals surface area (Å²) in [6.45, 7) is 9.20. The summed E-state index contributed by atoms with van der Waals surface area (Å²) in [4.78, 5) is 9.22. The molecule has 4 heteroatoms. The fraction of sp³-hybridized carbons (Fsp3) is 0.733. The lowest BCUT2D eigenvalue weighted by Crippen LogP contribution is -2.19. The molecule has 0 unspecified atom stereocenters. The summed E-state index contributed by atoms with van der Waals surface area (Å²) in [7, 11) is 1.73. The van der Waals surface area contributed by atoms with Crippen LogP contribution in [0.15, 0.2) is 0 Å². The van der Waals surface area contributed by atoms with Crippen molar-refractivity contribution in [3.8, 4) is 0 Å². The van der Waals surface area contributed by atoms with Gasteiger partial charge in [-0.25, -0.2) is 9.97 Å². The van der Waals surface area contributed by atoms with Gasteiger partial charge >= 0.3 is 0 Å². The van der Waals surface area contributed by atoms with Crippen LogP contribution >= 0.6 is 0 Å². The Morgan fingerprint density at radius 1 is 1.05 bits per heavy atom. The van der Waals surface area contributed by atoms with Crippen molar-refractivity contribution in [3.63, 3.8) is 0 Å². The molecule has 0 aliphatic carbocycles. The third-order valence-electron chi connectivity index (χ3n) is 3.19. The van der Waals surface area contributed by atoms with Crippen LogP contribution in [0.4, 0.5) is 0 Å². The highest BCUT2D eigenvalue weighted by Crippen LogP contribution is 2.11. The molecule has 4 nitrogen and oxygen atoms in total. The predicted octanol–water partition coefficient (Wildman–Crippen LogP) is 2.21. The summed E-state index contributed by atoms with van der Waals surface area (Å²) < 4.78 is 5.06. The maximum Gasteiger partial charge on any atom is 0.128 e. The number of nitrogens with one attached hydrogen (secondary N) is 1. The molecule has 0 aliphatic heterocycles. The molecule has 1 heterocycles. The first kappa shape index (κ1) is 16.1. The van der Waals surface area contributed by atoms with E-state index >= 15 is 0 Å². The summed E-state index contributed by atoms with van der Waals surface area (Å²) in [6.07, 6.45) is 4.06. The van der Waals surface area contributed by atoms with Gasteiger partial charge in [0, 0.05) is 31.5 Å². The fourth-order valence-electron chi connectivity index (χ4n) is 2.17. The highest BCUT2D eigenvalue weighted by Gasteiger charge is 2.08. The third kappa shape index (κ3) is 5.66. The van der Waals surface area contributed by atoms with Gasteiger partial charge in [-0.15, -0.1) is 0 Å². The first-order valence-corrected chi connectivity index (χ1v) is 7.21. The number of rotatable bonds is 9. The van der Waals surface area contributed by atoms with Gasteiger partial charge < -0.3 is 10.1 Å². The summed E-state index contributed by atoms with van der Waals surface area (Å²) in [5.41, 5.74) is 3.54. The molecule has 0 fully saturated rings. The third-order valence-corrected chi connectivity index (χ3v) is 3.19. The smallest absolute Gasteiger partial charge is 0.128 e. The molecule has 19 heavy (non-hydrogen) atoms. The van der Waals surface area contributed by atoms with Crippen molar-refractivity contribution < 1.29 is 4.74 Å². The van der Waals surface area contributed by atoms with E-state index in [9.17, 15) is 0 Å². The van der Waals surface area contributed by atoms with Gasteiger partial charge in [-0.3, -0.25) is 0 Å². The van der Waals surface area contributed by atoms with E-state index in [2.05, 4.69) is 36.1 Å². The zero-order valence-corrected chi connectivity index (χ0v) is 12.8. The van der Waals surface area contributed by atoms with Gasteiger partial charge in [0.1, 0.15) is 5.82 Å². The lowest BCUT2D eigenvalue weighted by molar-refractivity contribution is 0.194. The van der Waals surface area contributed by atoms with Crippen LogP contribution in [-0.2, 0) is 17.6 Å². The SMILES string of the molecule is CCCNCCc1c(C)nc(CCCOC)nc1C. The summed E-state index contributed by atoms with van der Waals surface area (Å²) >= 11 is 0. The summed E-state index contributed by atoms with van der Waals surface area (Å²) in [5.74, 6) is 0.942. The number of ether oxygens (including phenoxy) is 1. The second-order valence-electron chi connectivity index (χ2n) is 4.89. The van der Waals surface area contributed by atoms with Gasteiger partial charge in [0.25, 0.3) is 0 Å². The summed E-state index contributed by atoms with van der Waals surface area (Å²) in [5, 5.41) is 3.42. The van der Waals surface area contributed by atoms with Gasteiger partial charge in [-0.1, -0.05) is 6.92 Å². The maximum absolute atomic E-state index is 5.06. The van der Waals surface area contributed by atoms with E-state index in [0.717, 1.165) is 56.2 Å². The highest BCUT2D eigenvalue weighted by atomic mass is 16.5. The molecule has 1 N–H and O–H groups in total. The van der Waals surface area contributed by atoms with E-state index in [1.165, 1.54) is 12.0 Å². The molecule has 0 bridgehead atoms. The number of hydrogen-bond acceptors (Lipinski definition) is 4. The highest BCUT2D eigenvalue weighted by molar-refractivity contribution is 5.24. The van der Waals surface area contributed by atoms with Gasteiger partial charge in [0.15, 0.2) is 0 Å². The molecule has 0 saturated carbocycles. The number of nitrogens with zero attached hydrogens (tertiary/aromatic N) is 2. The van der Waals surface area contributed by atoms with Crippen molar-refractivity contribution >= 4 is 0 Å². The van der Waals surface area contributed by atoms with E-state index < -0.39 is 0 Å². The second-order valence-corrected chi connectivity index (χ2v) is 4.89. The van der Waals surface area contributed by atoms with Crippen molar-refractivity contribution in [2.75, 3.05) is 26.8 Å². The van der Waals surface area contributed by atoms with Crippen molar-refractivity contribution in [3.05, 3.63) is 22.8 Å². The quantitative estimate of drug-likeness (QED) is 0.695. The average molecular weight is 265 g/mol. The van der Waals surface area contributed by atoms with Gasteiger partial charge in [-0.2, -0.15) is 0 Å². The first-order chi connectivity index (χ1) is 9.19. The normalized spacial score (nSPS) is 10.9. The van der Waals surface area contributed by atoms with Crippen LogP contribution in [0.2, 0.25) is 0 Å². The van der Waals surface area contributed by atoms with E-state index in [1.807, 2.05) is 0 Å². The molecule has 1 aromatic rings. The van der Waals surface area contributed by atoms with Crippen molar-refractivity contribution in [1.29, 1.82) is 0 Å². The molecule has 108 valence electrons. The Bertz CT molecular complexity index is 357. The molecular weight excluding hydrogens is 238 g/mol. The van der Waals surface area contributed by atoms with Gasteiger partial charge in [-0.05, 0) is 51.8 Å². The van der Waals surface area contributed by atoms with E-state index in [1.54, 1.807) is 7.11 Å². The van der Waals surface area contributed by atoms with Crippen molar-refractivity contribution in [2.24, 2.45) is 0 Å². The van der Waals surface area contributed by atoms with E-state index in [4.69, 9.17) is 4.74 Å². The molecular formula is C15H27N3O. The lowest BCUT2D eigenvalue weighted by atomic mass is 10.1. The van der Waals surface area contributed by atoms with Crippen LogP contribution in [0.3, 0.4) is 0 Å². The Hall–Kier alpha value is -1.00. The lowest BCUT2D eigenvalue weighted by Gasteiger charge is -2.11. The minimum Gasteiger partial charge on any atom is -0.385 e. The predicted molar refractivity (Wildman–Crippen MR) is 78.6 cm³/mol. The number of aryl methyl sites for hydroxylation is 3. The molecule has 0 atom stereocenters. The van der Waals surface area contributed by atoms with Crippen LogP contribution in [0.5, 0.6) is 0 Å². The molecule has 0 amide bonds. The second kappa shape index (κ2) is 8.99. The largest absolute Gasteiger partial charge is 0.385 e. The standard InChI is InChI=1S/C15H27N3O/c1-5-9-16-10-8-14-12(2)17-15(18-13(14)3)7-6-11-19-4/h16H,5-11H2,1-4H3. The number of aromatic nitrogens is 2. The van der Waals surface area contributed by atoms with Gasteiger partial charge in [0.05, 0.1) is 0 Å². The Morgan fingerprint density at radius 3 is 2.32 bits per heavy atom. The number of hydrogen-bond donors (Lipinski definition) is 1. The van der Waals surface area contributed by atoms with Crippen molar-refractivity contribution in [2.45, 2.75) is 46.5 Å². The molecule has 0 saturated heterocycles. The molecule has 0 radical (unpaired) electrons. The van der Waals surface area contributed by atoms with Crippen LogP contribution in [-0.4, -0.2) is 36.8 Å². The Kier molecular flexibility index (Phi) is 7.60. The summed E-state index contributed by atoms with van der Waals surface area (Å²) in [6, 6.07) is 0. The minimum absolute atomic E-state index is 0.768. The maximum atomic E-state index is 5.06. The molecule has 0 aliphatic rings. The average Bonchev–Trinajstić information content (AvgIpc) is 2.37. The van der Waals surface area contributed by atoms with Crippen LogP contribution < -0.4 is 5.32 Å². The Morgan fingerprint density at radius 2 is 1.74 bits per heavy atom. The zero-order chi connectivity index (χ0) is 14.1. The molecule has 1 rings (SSSR count). The van der Waals surface area contributed by atoms with E-state index in [-0.39, 0.29) is 0 Å². The first-order valence-electron chi connectivity index (χ1n) is 7.21. The fourth-order valence-corrected chi connectivity index (χ4v) is 2.17.